The van der Waals surface area contributed by atoms with Crippen molar-refractivity contribution in [3.05, 3.63) is 0 Å². The quantitative estimate of drug-likeness (QED) is 0.492. The fraction of sp³-hybridized carbons (Fsp3) is 1.00. The molecular formula is C4H8NO3P. The van der Waals surface area contributed by atoms with Gasteiger partial charge in [-0.25, -0.2) is 0 Å². The highest BCUT2D eigenvalue weighted by molar-refractivity contribution is 7.41. The molecule has 3 saturated heterocycles. The Balaban J connectivity index is 2.11. The van der Waals surface area contributed by atoms with E-state index in [-0.39, 0.29) is 5.54 Å². The van der Waals surface area contributed by atoms with Gasteiger partial charge in [-0.1, -0.05) is 0 Å². The van der Waals surface area contributed by atoms with Crippen molar-refractivity contribution >= 4 is 8.60 Å². The highest BCUT2D eigenvalue weighted by Crippen LogP contribution is 2.49. The predicted molar refractivity (Wildman–Crippen MR) is 31.7 cm³/mol. The van der Waals surface area contributed by atoms with Crippen molar-refractivity contribution in [2.75, 3.05) is 19.8 Å². The minimum atomic E-state index is -1.02. The monoisotopic (exact) mass is 149 g/mol. The molecule has 4 nitrogen and oxygen atoms in total. The Morgan fingerprint density at radius 1 is 1.11 bits per heavy atom. The van der Waals surface area contributed by atoms with Gasteiger partial charge in [0, 0.05) is 0 Å². The molecule has 0 atom stereocenters. The molecule has 52 valence electrons. The van der Waals surface area contributed by atoms with Gasteiger partial charge in [-0.3, -0.25) is 0 Å². The van der Waals surface area contributed by atoms with Crippen LogP contribution < -0.4 is 5.73 Å². The summed E-state index contributed by atoms with van der Waals surface area (Å²) in [4.78, 5) is 0. The Morgan fingerprint density at radius 3 is 1.78 bits per heavy atom. The van der Waals surface area contributed by atoms with E-state index in [9.17, 15) is 0 Å². The normalized spacial score (nSPS) is 49.7. The highest BCUT2D eigenvalue weighted by Gasteiger charge is 2.41. The van der Waals surface area contributed by atoms with E-state index in [4.69, 9.17) is 19.3 Å². The van der Waals surface area contributed by atoms with Crippen molar-refractivity contribution in [1.82, 2.24) is 0 Å². The third kappa shape index (κ3) is 0.974. The molecule has 0 amide bonds. The Labute approximate surface area is 54.3 Å². The van der Waals surface area contributed by atoms with Gasteiger partial charge in [-0.05, 0) is 0 Å². The third-order valence-corrected chi connectivity index (χ3v) is 2.39. The first-order valence-corrected chi connectivity index (χ1v) is 3.86. The first-order valence-electron chi connectivity index (χ1n) is 2.76. The predicted octanol–water partition coefficient (Wildman–Crippen LogP) is -0.0122. The second kappa shape index (κ2) is 1.87. The number of rotatable bonds is 0. The van der Waals surface area contributed by atoms with Crippen LogP contribution in [0.4, 0.5) is 0 Å². The summed E-state index contributed by atoms with van der Waals surface area (Å²) in [5, 5.41) is 0. The van der Waals surface area contributed by atoms with E-state index in [1.54, 1.807) is 0 Å². The zero-order chi connectivity index (χ0) is 6.32. The molecule has 0 aliphatic carbocycles. The molecule has 2 N–H and O–H groups in total. The van der Waals surface area contributed by atoms with Gasteiger partial charge in [0.2, 0.25) is 0 Å². The summed E-state index contributed by atoms with van der Waals surface area (Å²) in [7, 11) is -1.02. The summed E-state index contributed by atoms with van der Waals surface area (Å²) in [6.45, 7) is 1.75. The van der Waals surface area contributed by atoms with E-state index in [1.165, 1.54) is 0 Å². The molecule has 0 saturated carbocycles. The zero-order valence-corrected chi connectivity index (χ0v) is 5.77. The van der Waals surface area contributed by atoms with Gasteiger partial charge in [0.25, 0.3) is 0 Å². The topological polar surface area (TPSA) is 53.7 Å². The molecule has 0 radical (unpaired) electrons. The van der Waals surface area contributed by atoms with Crippen LogP contribution in [0.15, 0.2) is 0 Å². The van der Waals surface area contributed by atoms with Crippen LogP contribution in [0, 0.1) is 0 Å². The Hall–Kier alpha value is 0.270. The van der Waals surface area contributed by atoms with E-state index in [2.05, 4.69) is 0 Å². The van der Waals surface area contributed by atoms with E-state index < -0.39 is 8.60 Å². The molecule has 3 heterocycles. The number of hydrogen-bond donors (Lipinski definition) is 1. The molecule has 0 aromatic carbocycles. The van der Waals surface area contributed by atoms with E-state index in [1.807, 2.05) is 0 Å². The lowest BCUT2D eigenvalue weighted by molar-refractivity contribution is -0.0215. The summed E-state index contributed by atoms with van der Waals surface area (Å²) in [6.07, 6.45) is 0. The molecule has 3 aliphatic heterocycles. The summed E-state index contributed by atoms with van der Waals surface area (Å²) >= 11 is 0. The molecule has 0 spiro atoms. The summed E-state index contributed by atoms with van der Waals surface area (Å²) in [5.74, 6) is 0. The molecule has 5 heteroatoms. The average molecular weight is 149 g/mol. The van der Waals surface area contributed by atoms with Crippen LogP contribution in [0.5, 0.6) is 0 Å². The van der Waals surface area contributed by atoms with Gasteiger partial charge in [0.05, 0.1) is 25.4 Å². The molecule has 0 unspecified atom stereocenters. The van der Waals surface area contributed by atoms with Crippen LogP contribution >= 0.6 is 8.60 Å². The van der Waals surface area contributed by atoms with Gasteiger partial charge in [0.1, 0.15) is 0 Å². The molecule has 0 aromatic rings. The van der Waals surface area contributed by atoms with Crippen LogP contribution in [0.25, 0.3) is 0 Å². The number of fused-ring (bicyclic) bond motifs is 3. The molecule has 3 aliphatic rings. The summed E-state index contributed by atoms with van der Waals surface area (Å²) in [6, 6.07) is 0. The fourth-order valence-corrected chi connectivity index (χ4v) is 2.09. The number of nitrogens with two attached hydrogens (primary N) is 1. The molecule has 9 heavy (non-hydrogen) atoms. The maximum absolute atomic E-state index is 5.73. The second-order valence-electron chi connectivity index (χ2n) is 2.41. The molecule has 2 bridgehead atoms. The van der Waals surface area contributed by atoms with Crippen LogP contribution in [-0.4, -0.2) is 25.4 Å². The van der Waals surface area contributed by atoms with Gasteiger partial charge >= 0.3 is 8.60 Å². The smallest absolute Gasteiger partial charge is 0.319 e. The van der Waals surface area contributed by atoms with Gasteiger partial charge in [-0.15, -0.1) is 0 Å². The molecule has 3 rings (SSSR count). The lowest BCUT2D eigenvalue weighted by Crippen LogP contribution is -2.57. The minimum absolute atomic E-state index is 0.364. The van der Waals surface area contributed by atoms with Crippen LogP contribution in [0.1, 0.15) is 0 Å². The third-order valence-electron chi connectivity index (χ3n) is 1.37. The minimum Gasteiger partial charge on any atom is -0.319 e. The number of hydrogen-bond acceptors (Lipinski definition) is 4. The van der Waals surface area contributed by atoms with Crippen LogP contribution in [0.3, 0.4) is 0 Å². The van der Waals surface area contributed by atoms with Crippen LogP contribution in [-0.2, 0) is 13.6 Å². The van der Waals surface area contributed by atoms with Crippen molar-refractivity contribution in [1.29, 1.82) is 0 Å². The Morgan fingerprint density at radius 2 is 1.56 bits per heavy atom. The van der Waals surface area contributed by atoms with Gasteiger partial charge in [0.15, 0.2) is 0 Å². The maximum Gasteiger partial charge on any atom is 0.332 e. The van der Waals surface area contributed by atoms with Crippen molar-refractivity contribution in [3.8, 4) is 0 Å². The fourth-order valence-electron chi connectivity index (χ4n) is 0.781. The largest absolute Gasteiger partial charge is 0.332 e. The van der Waals surface area contributed by atoms with Gasteiger partial charge < -0.3 is 19.3 Å². The lowest BCUT2D eigenvalue weighted by Gasteiger charge is -2.41. The second-order valence-corrected chi connectivity index (χ2v) is 3.63. The van der Waals surface area contributed by atoms with E-state index in [0.29, 0.717) is 19.8 Å². The Kier molecular flexibility index (Phi) is 1.25. The Bertz CT molecular complexity index is 109. The van der Waals surface area contributed by atoms with E-state index >= 15 is 0 Å². The lowest BCUT2D eigenvalue weighted by atomic mass is 10.1. The summed E-state index contributed by atoms with van der Waals surface area (Å²) in [5.41, 5.74) is 5.37. The van der Waals surface area contributed by atoms with Crippen molar-refractivity contribution in [3.63, 3.8) is 0 Å². The molecule has 0 aromatic heterocycles. The average Bonchev–Trinajstić information content (AvgIpc) is 1.90. The van der Waals surface area contributed by atoms with E-state index in [0.717, 1.165) is 0 Å². The van der Waals surface area contributed by atoms with Gasteiger partial charge in [-0.2, -0.15) is 0 Å². The first kappa shape index (κ1) is 6.01. The van der Waals surface area contributed by atoms with Crippen molar-refractivity contribution < 1.29 is 13.6 Å². The maximum atomic E-state index is 5.73. The van der Waals surface area contributed by atoms with Crippen molar-refractivity contribution in [2.45, 2.75) is 5.54 Å². The zero-order valence-electron chi connectivity index (χ0n) is 4.87. The highest BCUT2D eigenvalue weighted by atomic mass is 31.2. The molecule has 3 fully saturated rings. The standard InChI is InChI=1S/C4H8NO3P/c5-4-1-6-9(7-2-4)8-3-4/h1-3,5H2. The van der Waals surface area contributed by atoms with Crippen LogP contribution in [0.2, 0.25) is 0 Å². The van der Waals surface area contributed by atoms with Crippen molar-refractivity contribution in [2.24, 2.45) is 5.73 Å². The first-order chi connectivity index (χ1) is 4.29. The summed E-state index contributed by atoms with van der Waals surface area (Å²) < 4.78 is 15.2. The molecular weight excluding hydrogens is 141 g/mol. The SMILES string of the molecule is NC12COP(OC1)OC2.